The monoisotopic (exact) mass is 347 g/mol. The SMILES string of the molecule is CCc1ccc(CNc2cccc(C[S@@](=O)C3CCOCC3)c2)o1. The molecule has 0 saturated carbocycles. The normalized spacial score (nSPS) is 16.9. The van der Waals surface area contributed by atoms with Crippen LogP contribution >= 0.6 is 0 Å². The molecule has 1 fully saturated rings. The summed E-state index contributed by atoms with van der Waals surface area (Å²) in [5.74, 6) is 2.55. The van der Waals surface area contributed by atoms with Gasteiger partial charge in [0.25, 0.3) is 0 Å². The van der Waals surface area contributed by atoms with Crippen molar-refractivity contribution in [2.24, 2.45) is 0 Å². The molecule has 0 bridgehead atoms. The summed E-state index contributed by atoms with van der Waals surface area (Å²) in [6.07, 6.45) is 2.72. The summed E-state index contributed by atoms with van der Waals surface area (Å²) in [6.45, 7) is 4.21. The highest BCUT2D eigenvalue weighted by Crippen LogP contribution is 2.19. The molecule has 1 aliphatic heterocycles. The number of aryl methyl sites for hydroxylation is 1. The topological polar surface area (TPSA) is 51.5 Å². The van der Waals surface area contributed by atoms with Gasteiger partial charge in [0.2, 0.25) is 0 Å². The summed E-state index contributed by atoms with van der Waals surface area (Å²) in [4.78, 5) is 0. The molecule has 2 heterocycles. The van der Waals surface area contributed by atoms with Crippen LogP contribution in [0.5, 0.6) is 0 Å². The molecule has 1 aromatic heterocycles. The molecule has 1 aliphatic rings. The van der Waals surface area contributed by atoms with Gasteiger partial charge in [0.05, 0.1) is 6.54 Å². The van der Waals surface area contributed by atoms with Crippen LogP contribution in [-0.2, 0) is 34.3 Å². The number of furan rings is 1. The average molecular weight is 347 g/mol. The number of ether oxygens (including phenoxy) is 1. The third-order valence-electron chi connectivity index (χ3n) is 4.31. The maximum Gasteiger partial charge on any atom is 0.123 e. The Morgan fingerprint density at radius 3 is 2.71 bits per heavy atom. The summed E-state index contributed by atoms with van der Waals surface area (Å²) < 4.78 is 23.6. The molecule has 0 radical (unpaired) electrons. The van der Waals surface area contributed by atoms with Crippen LogP contribution in [0.1, 0.15) is 36.8 Å². The van der Waals surface area contributed by atoms with Gasteiger partial charge in [-0.2, -0.15) is 0 Å². The number of hydrogen-bond donors (Lipinski definition) is 1. The van der Waals surface area contributed by atoms with E-state index in [-0.39, 0.29) is 5.25 Å². The molecule has 1 aromatic carbocycles. The molecule has 4 nitrogen and oxygen atoms in total. The highest BCUT2D eigenvalue weighted by atomic mass is 32.2. The largest absolute Gasteiger partial charge is 0.464 e. The van der Waals surface area contributed by atoms with Crippen LogP contribution in [0.4, 0.5) is 5.69 Å². The zero-order valence-electron chi connectivity index (χ0n) is 14.1. The Balaban J connectivity index is 1.56. The fourth-order valence-electron chi connectivity index (χ4n) is 2.89. The standard InChI is InChI=1S/C19H25NO3S/c1-2-17-6-7-18(23-17)13-20-16-5-3-4-15(12-16)14-24(21)19-8-10-22-11-9-19/h3-7,12,19-20H,2,8-11,13-14H2,1H3/t24-/m1/s1. The summed E-state index contributed by atoms with van der Waals surface area (Å²) in [7, 11) is -0.830. The number of nitrogens with one attached hydrogen (secondary N) is 1. The minimum atomic E-state index is -0.830. The highest BCUT2D eigenvalue weighted by molar-refractivity contribution is 7.84. The van der Waals surface area contributed by atoms with Crippen LogP contribution in [0, 0.1) is 0 Å². The lowest BCUT2D eigenvalue weighted by Gasteiger charge is -2.21. The second kappa shape index (κ2) is 8.49. The molecule has 3 rings (SSSR count). The predicted octanol–water partition coefficient (Wildman–Crippen LogP) is 3.88. The Kier molecular flexibility index (Phi) is 6.10. The molecule has 2 aromatic rings. The predicted molar refractivity (Wildman–Crippen MR) is 97.5 cm³/mol. The van der Waals surface area contributed by atoms with Crippen molar-refractivity contribution in [1.29, 1.82) is 0 Å². The fraction of sp³-hybridized carbons (Fsp3) is 0.474. The van der Waals surface area contributed by atoms with E-state index in [4.69, 9.17) is 9.15 Å². The van der Waals surface area contributed by atoms with Gasteiger partial charge in [-0.3, -0.25) is 4.21 Å². The zero-order chi connectivity index (χ0) is 16.8. The van der Waals surface area contributed by atoms with Crippen LogP contribution in [0.3, 0.4) is 0 Å². The number of benzene rings is 1. The van der Waals surface area contributed by atoms with E-state index >= 15 is 0 Å². The van der Waals surface area contributed by atoms with Crippen LogP contribution in [0.15, 0.2) is 40.8 Å². The fourth-order valence-corrected chi connectivity index (χ4v) is 4.35. The first-order valence-electron chi connectivity index (χ1n) is 8.60. The van der Waals surface area contributed by atoms with Crippen molar-refractivity contribution in [3.8, 4) is 0 Å². The van der Waals surface area contributed by atoms with Crippen LogP contribution in [0.2, 0.25) is 0 Å². The molecular weight excluding hydrogens is 322 g/mol. The maximum absolute atomic E-state index is 12.5. The van der Waals surface area contributed by atoms with Gasteiger partial charge in [0, 0.05) is 47.1 Å². The number of anilines is 1. The van der Waals surface area contributed by atoms with E-state index < -0.39 is 10.8 Å². The lowest BCUT2D eigenvalue weighted by molar-refractivity contribution is 0.0992. The first-order chi connectivity index (χ1) is 11.7. The van der Waals surface area contributed by atoms with Gasteiger partial charge in [-0.1, -0.05) is 19.1 Å². The molecule has 1 N–H and O–H groups in total. The van der Waals surface area contributed by atoms with Gasteiger partial charge in [-0.05, 0) is 42.7 Å². The van der Waals surface area contributed by atoms with Gasteiger partial charge in [-0.25, -0.2) is 0 Å². The first-order valence-corrected chi connectivity index (χ1v) is 9.98. The molecular formula is C19H25NO3S. The molecule has 0 unspecified atom stereocenters. The number of hydrogen-bond acceptors (Lipinski definition) is 4. The van der Waals surface area contributed by atoms with Crippen LogP contribution < -0.4 is 5.32 Å². The van der Waals surface area contributed by atoms with E-state index in [1.54, 1.807) is 0 Å². The van der Waals surface area contributed by atoms with Gasteiger partial charge >= 0.3 is 0 Å². The van der Waals surface area contributed by atoms with Crippen molar-refractivity contribution in [3.63, 3.8) is 0 Å². The van der Waals surface area contributed by atoms with E-state index in [0.29, 0.717) is 12.3 Å². The van der Waals surface area contributed by atoms with E-state index in [1.807, 2.05) is 30.3 Å². The molecule has 24 heavy (non-hydrogen) atoms. The van der Waals surface area contributed by atoms with Gasteiger partial charge < -0.3 is 14.5 Å². The maximum atomic E-state index is 12.5. The van der Waals surface area contributed by atoms with E-state index in [2.05, 4.69) is 18.3 Å². The third-order valence-corrected chi connectivity index (χ3v) is 6.14. The molecule has 1 saturated heterocycles. The van der Waals surface area contributed by atoms with E-state index in [9.17, 15) is 4.21 Å². The van der Waals surface area contributed by atoms with Crippen LogP contribution in [-0.4, -0.2) is 22.7 Å². The Morgan fingerprint density at radius 1 is 1.17 bits per heavy atom. The lowest BCUT2D eigenvalue weighted by Crippen LogP contribution is -2.25. The van der Waals surface area contributed by atoms with Crippen molar-refractivity contribution in [3.05, 3.63) is 53.5 Å². The molecule has 130 valence electrons. The van der Waals surface area contributed by atoms with Crippen molar-refractivity contribution in [2.45, 2.75) is 43.7 Å². The van der Waals surface area contributed by atoms with Crippen molar-refractivity contribution < 1.29 is 13.4 Å². The molecule has 0 spiro atoms. The van der Waals surface area contributed by atoms with Gasteiger partial charge in [0.15, 0.2) is 0 Å². The van der Waals surface area contributed by atoms with Crippen molar-refractivity contribution >= 4 is 16.5 Å². The molecule has 0 aliphatic carbocycles. The van der Waals surface area contributed by atoms with E-state index in [1.165, 1.54) is 0 Å². The zero-order valence-corrected chi connectivity index (χ0v) is 14.9. The highest BCUT2D eigenvalue weighted by Gasteiger charge is 2.20. The first kappa shape index (κ1) is 17.2. The summed E-state index contributed by atoms with van der Waals surface area (Å²) in [6, 6.07) is 12.2. The van der Waals surface area contributed by atoms with Crippen LogP contribution in [0.25, 0.3) is 0 Å². The number of rotatable bonds is 7. The Morgan fingerprint density at radius 2 is 1.96 bits per heavy atom. The lowest BCUT2D eigenvalue weighted by atomic mass is 10.2. The quantitative estimate of drug-likeness (QED) is 0.826. The summed E-state index contributed by atoms with van der Waals surface area (Å²) >= 11 is 0. The molecule has 0 amide bonds. The van der Waals surface area contributed by atoms with Gasteiger partial charge in [0.1, 0.15) is 11.5 Å². The van der Waals surface area contributed by atoms with E-state index in [0.717, 1.165) is 55.2 Å². The second-order valence-electron chi connectivity index (χ2n) is 6.11. The Bertz CT molecular complexity index is 677. The smallest absolute Gasteiger partial charge is 0.123 e. The summed E-state index contributed by atoms with van der Waals surface area (Å²) in [5.41, 5.74) is 2.14. The average Bonchev–Trinajstić information content (AvgIpc) is 3.09. The molecule has 5 heteroatoms. The molecule has 1 atom stereocenters. The Hall–Kier alpha value is -1.59. The van der Waals surface area contributed by atoms with Crippen molar-refractivity contribution in [2.75, 3.05) is 18.5 Å². The second-order valence-corrected chi connectivity index (χ2v) is 7.83. The minimum Gasteiger partial charge on any atom is -0.464 e. The van der Waals surface area contributed by atoms with Crippen molar-refractivity contribution in [1.82, 2.24) is 0 Å². The summed E-state index contributed by atoms with van der Waals surface area (Å²) in [5, 5.41) is 3.65. The van der Waals surface area contributed by atoms with Gasteiger partial charge in [-0.15, -0.1) is 0 Å². The minimum absolute atomic E-state index is 0.269. The third kappa shape index (κ3) is 4.71. The Labute approximate surface area is 146 Å².